The molecule has 1 fully saturated rings. The summed E-state index contributed by atoms with van der Waals surface area (Å²) in [7, 11) is 0. The van der Waals surface area contributed by atoms with Crippen molar-refractivity contribution in [3.8, 4) is 0 Å². The highest BCUT2D eigenvalue weighted by Gasteiger charge is 2.49. The van der Waals surface area contributed by atoms with Crippen molar-refractivity contribution in [2.24, 2.45) is 5.41 Å². The predicted octanol–water partition coefficient (Wildman–Crippen LogP) is 3.26. The zero-order valence-electron chi connectivity index (χ0n) is 11.7. The quantitative estimate of drug-likeness (QED) is 0.513. The van der Waals surface area contributed by atoms with Gasteiger partial charge in [0, 0.05) is 18.1 Å². The van der Waals surface area contributed by atoms with E-state index in [2.05, 4.69) is 24.1 Å². The highest BCUT2D eigenvalue weighted by atomic mass is 35.5. The summed E-state index contributed by atoms with van der Waals surface area (Å²) in [6.45, 7) is 6.86. The van der Waals surface area contributed by atoms with Gasteiger partial charge in [-0.1, -0.05) is 25.4 Å². The molecule has 6 nitrogen and oxygen atoms in total. The molecule has 1 aromatic rings. The molecule has 110 valence electrons. The summed E-state index contributed by atoms with van der Waals surface area (Å²) in [6.07, 6.45) is 1.04. The van der Waals surface area contributed by atoms with Crippen molar-refractivity contribution in [2.45, 2.75) is 39.3 Å². The average Bonchev–Trinajstić information content (AvgIpc) is 2.37. The van der Waals surface area contributed by atoms with E-state index < -0.39 is 4.92 Å². The largest absolute Gasteiger partial charge is 0.378 e. The number of nitrogens with one attached hydrogen (secondary N) is 1. The number of hydrogen-bond acceptors (Lipinski definition) is 5. The Morgan fingerprint density at radius 1 is 1.60 bits per heavy atom. The number of nitro groups is 1. The monoisotopic (exact) mass is 299 g/mol. The van der Waals surface area contributed by atoms with Gasteiger partial charge in [0.15, 0.2) is 0 Å². The Bertz CT molecular complexity index is 522. The van der Waals surface area contributed by atoms with E-state index >= 15 is 0 Å². The molecule has 0 aromatic carbocycles. The molecule has 1 N–H and O–H groups in total. The van der Waals surface area contributed by atoms with Crippen molar-refractivity contribution in [3.05, 3.63) is 27.4 Å². The van der Waals surface area contributed by atoms with Gasteiger partial charge in [-0.15, -0.1) is 0 Å². The molecule has 1 aliphatic carbocycles. The summed E-state index contributed by atoms with van der Waals surface area (Å²) in [5, 5.41) is 14.1. The number of anilines is 1. The van der Waals surface area contributed by atoms with E-state index in [1.807, 2.05) is 6.92 Å². The lowest BCUT2D eigenvalue weighted by molar-refractivity contribution is -0.384. The number of hydrogen-bond donors (Lipinski definition) is 1. The Balaban J connectivity index is 2.10. The van der Waals surface area contributed by atoms with Gasteiger partial charge in [0.25, 0.3) is 5.69 Å². The van der Waals surface area contributed by atoms with Crippen LogP contribution in [-0.2, 0) is 4.74 Å². The van der Waals surface area contributed by atoms with E-state index in [9.17, 15) is 10.1 Å². The lowest BCUT2D eigenvalue weighted by atomic mass is 9.64. The number of rotatable bonds is 5. The van der Waals surface area contributed by atoms with E-state index in [4.69, 9.17) is 16.3 Å². The summed E-state index contributed by atoms with van der Waals surface area (Å²) in [6, 6.07) is 2.79. The Hall–Kier alpha value is -1.40. The minimum Gasteiger partial charge on any atom is -0.378 e. The van der Waals surface area contributed by atoms with Crippen molar-refractivity contribution in [1.82, 2.24) is 4.98 Å². The zero-order valence-corrected chi connectivity index (χ0v) is 12.5. The highest BCUT2D eigenvalue weighted by Crippen LogP contribution is 2.44. The summed E-state index contributed by atoms with van der Waals surface area (Å²) in [5.41, 5.74) is -0.111. The normalized spacial score (nSPS) is 24.0. The van der Waals surface area contributed by atoms with Crippen molar-refractivity contribution in [3.63, 3.8) is 0 Å². The molecule has 2 unspecified atom stereocenters. The van der Waals surface area contributed by atoms with Crippen LogP contribution in [0.4, 0.5) is 11.5 Å². The maximum absolute atomic E-state index is 10.8. The van der Waals surface area contributed by atoms with Crippen LogP contribution in [0.5, 0.6) is 0 Å². The molecule has 1 heterocycles. The van der Waals surface area contributed by atoms with E-state index in [-0.39, 0.29) is 28.4 Å². The van der Waals surface area contributed by atoms with Gasteiger partial charge in [-0.25, -0.2) is 4.98 Å². The maximum atomic E-state index is 10.8. The third-order valence-corrected chi connectivity index (χ3v) is 4.05. The smallest absolute Gasteiger partial charge is 0.276 e. The number of pyridine rings is 1. The number of ether oxygens (including phenoxy) is 1. The second-order valence-corrected chi connectivity index (χ2v) is 5.88. The molecule has 7 heteroatoms. The summed E-state index contributed by atoms with van der Waals surface area (Å²) < 4.78 is 5.65. The first kappa shape index (κ1) is 15.0. The molecule has 20 heavy (non-hydrogen) atoms. The Morgan fingerprint density at radius 2 is 2.30 bits per heavy atom. The molecule has 0 spiro atoms. The van der Waals surface area contributed by atoms with Crippen LogP contribution in [0, 0.1) is 15.5 Å². The fourth-order valence-corrected chi connectivity index (χ4v) is 2.66. The van der Waals surface area contributed by atoms with Crippen LogP contribution in [0.1, 0.15) is 27.2 Å². The molecule has 1 aliphatic rings. The Kier molecular flexibility index (Phi) is 4.15. The molecule has 0 radical (unpaired) electrons. The molecule has 1 aromatic heterocycles. The van der Waals surface area contributed by atoms with Crippen molar-refractivity contribution in [1.29, 1.82) is 0 Å². The van der Waals surface area contributed by atoms with Crippen LogP contribution in [0.2, 0.25) is 5.15 Å². The molecule has 0 amide bonds. The van der Waals surface area contributed by atoms with Crippen molar-refractivity contribution < 1.29 is 9.66 Å². The number of nitrogens with zero attached hydrogens (tertiary/aromatic N) is 2. The van der Waals surface area contributed by atoms with Gasteiger partial charge in [0.2, 0.25) is 0 Å². The summed E-state index contributed by atoms with van der Waals surface area (Å²) in [4.78, 5) is 14.4. The number of halogens is 1. The average molecular weight is 300 g/mol. The van der Waals surface area contributed by atoms with Gasteiger partial charge in [-0.3, -0.25) is 10.1 Å². The lowest BCUT2D eigenvalue weighted by Crippen LogP contribution is -2.58. The fourth-order valence-electron chi connectivity index (χ4n) is 2.46. The van der Waals surface area contributed by atoms with Crippen LogP contribution in [-0.4, -0.2) is 28.7 Å². The minimum atomic E-state index is -0.479. The van der Waals surface area contributed by atoms with Gasteiger partial charge in [-0.2, -0.15) is 0 Å². The molecule has 0 bridgehead atoms. The van der Waals surface area contributed by atoms with Gasteiger partial charge in [-0.05, 0) is 13.3 Å². The second kappa shape index (κ2) is 5.54. The first-order chi connectivity index (χ1) is 9.34. The Morgan fingerprint density at radius 3 is 2.85 bits per heavy atom. The van der Waals surface area contributed by atoms with Crippen LogP contribution in [0.15, 0.2) is 12.1 Å². The SMILES string of the molecule is CCOC1CC(Nc2cc([N+](=O)[O-])cc(Cl)n2)C1(C)C. The summed E-state index contributed by atoms with van der Waals surface area (Å²) in [5.74, 6) is 0.428. The first-order valence-corrected chi connectivity index (χ1v) is 6.92. The van der Waals surface area contributed by atoms with Crippen molar-refractivity contribution in [2.75, 3.05) is 11.9 Å². The standard InChI is InChI=1S/C13H18ClN3O3/c1-4-20-10-7-9(13(10,2)3)15-12-6-8(17(18)19)5-11(14)16-12/h5-6,9-10H,4,7H2,1-3H3,(H,15,16). The topological polar surface area (TPSA) is 77.3 Å². The molecular weight excluding hydrogens is 282 g/mol. The maximum Gasteiger partial charge on any atom is 0.276 e. The van der Waals surface area contributed by atoms with Gasteiger partial charge in [0.05, 0.1) is 23.2 Å². The third kappa shape index (κ3) is 2.86. The molecule has 0 saturated heterocycles. The number of aromatic nitrogens is 1. The van der Waals surface area contributed by atoms with Crippen LogP contribution in [0.25, 0.3) is 0 Å². The minimum absolute atomic E-state index is 0.0468. The van der Waals surface area contributed by atoms with E-state index in [0.717, 1.165) is 6.42 Å². The van der Waals surface area contributed by atoms with Gasteiger partial charge in [0.1, 0.15) is 11.0 Å². The predicted molar refractivity (Wildman–Crippen MR) is 77.1 cm³/mol. The first-order valence-electron chi connectivity index (χ1n) is 6.54. The highest BCUT2D eigenvalue weighted by molar-refractivity contribution is 6.29. The fraction of sp³-hybridized carbons (Fsp3) is 0.615. The van der Waals surface area contributed by atoms with Gasteiger partial charge >= 0.3 is 0 Å². The molecule has 2 rings (SSSR count). The van der Waals surface area contributed by atoms with Crippen molar-refractivity contribution >= 4 is 23.1 Å². The van der Waals surface area contributed by atoms with E-state index in [1.54, 1.807) is 0 Å². The molecule has 2 atom stereocenters. The molecule has 1 saturated carbocycles. The second-order valence-electron chi connectivity index (χ2n) is 5.49. The lowest BCUT2D eigenvalue weighted by Gasteiger charge is -2.51. The third-order valence-electron chi connectivity index (χ3n) is 3.86. The van der Waals surface area contributed by atoms with E-state index in [1.165, 1.54) is 12.1 Å². The molecular formula is C13H18ClN3O3. The zero-order chi connectivity index (χ0) is 14.9. The summed E-state index contributed by atoms with van der Waals surface area (Å²) >= 11 is 5.81. The van der Waals surface area contributed by atoms with Crippen LogP contribution in [0.3, 0.4) is 0 Å². The molecule has 0 aliphatic heterocycles. The van der Waals surface area contributed by atoms with Crippen LogP contribution < -0.4 is 5.32 Å². The van der Waals surface area contributed by atoms with Crippen LogP contribution >= 0.6 is 11.6 Å². The Labute approximate surface area is 122 Å². The van der Waals surface area contributed by atoms with E-state index in [0.29, 0.717) is 12.4 Å². The van der Waals surface area contributed by atoms with Gasteiger partial charge < -0.3 is 10.1 Å².